The van der Waals surface area contributed by atoms with Crippen LogP contribution in [0.1, 0.15) is 29.4 Å². The maximum absolute atomic E-state index is 12.3. The first-order valence-corrected chi connectivity index (χ1v) is 8.27. The van der Waals surface area contributed by atoms with Crippen LogP contribution >= 0.6 is 0 Å². The lowest BCUT2D eigenvalue weighted by atomic mass is 10.1. The molecule has 6 nitrogen and oxygen atoms in total. The second kappa shape index (κ2) is 6.47. The van der Waals surface area contributed by atoms with E-state index in [0.717, 1.165) is 5.56 Å². The van der Waals surface area contributed by atoms with E-state index in [-0.39, 0.29) is 11.8 Å². The van der Waals surface area contributed by atoms with Crippen molar-refractivity contribution in [2.24, 2.45) is 0 Å². The third kappa shape index (κ3) is 3.28. The maximum atomic E-state index is 12.3. The van der Waals surface area contributed by atoms with Crippen LogP contribution in [-0.4, -0.2) is 32.5 Å². The SMILES string of the molecule is Cc1cccc(CN2C[C@H](c3nc(-c4ccccn4)no3)CC2=O)c1. The Morgan fingerprint density at radius 1 is 1.24 bits per heavy atom. The first kappa shape index (κ1) is 15.5. The number of rotatable bonds is 4. The molecule has 0 unspecified atom stereocenters. The van der Waals surface area contributed by atoms with Crippen LogP contribution in [0.5, 0.6) is 0 Å². The number of carbonyl (C=O) groups is 1. The summed E-state index contributed by atoms with van der Waals surface area (Å²) < 4.78 is 5.39. The number of aryl methyl sites for hydroxylation is 1. The van der Waals surface area contributed by atoms with Crippen molar-refractivity contribution in [3.05, 3.63) is 65.7 Å². The van der Waals surface area contributed by atoms with E-state index in [9.17, 15) is 4.79 Å². The highest BCUT2D eigenvalue weighted by molar-refractivity contribution is 5.79. The van der Waals surface area contributed by atoms with E-state index in [4.69, 9.17) is 4.52 Å². The minimum absolute atomic E-state index is 0.0673. The van der Waals surface area contributed by atoms with Crippen LogP contribution in [0.4, 0.5) is 0 Å². The van der Waals surface area contributed by atoms with Gasteiger partial charge in [0.15, 0.2) is 0 Å². The summed E-state index contributed by atoms with van der Waals surface area (Å²) in [7, 11) is 0. The molecule has 4 rings (SSSR count). The summed E-state index contributed by atoms with van der Waals surface area (Å²) in [5, 5.41) is 4.00. The van der Waals surface area contributed by atoms with Crippen LogP contribution in [0.15, 0.2) is 53.2 Å². The summed E-state index contributed by atoms with van der Waals surface area (Å²) in [5.41, 5.74) is 2.99. The Labute approximate surface area is 145 Å². The predicted octanol–water partition coefficient (Wildman–Crippen LogP) is 2.96. The van der Waals surface area contributed by atoms with Crippen LogP contribution in [0, 0.1) is 6.92 Å². The van der Waals surface area contributed by atoms with Crippen molar-refractivity contribution < 1.29 is 9.32 Å². The fraction of sp³-hybridized carbons (Fsp3) is 0.263. The molecule has 0 saturated carbocycles. The van der Waals surface area contributed by atoms with Crippen molar-refractivity contribution in [2.75, 3.05) is 6.54 Å². The highest BCUT2D eigenvalue weighted by Gasteiger charge is 2.34. The number of hydrogen-bond acceptors (Lipinski definition) is 5. The van der Waals surface area contributed by atoms with E-state index >= 15 is 0 Å². The fourth-order valence-corrected chi connectivity index (χ4v) is 3.12. The molecule has 1 aromatic carbocycles. The first-order chi connectivity index (χ1) is 12.2. The number of nitrogens with zero attached hydrogens (tertiary/aromatic N) is 4. The number of benzene rings is 1. The van der Waals surface area contributed by atoms with Crippen molar-refractivity contribution >= 4 is 5.91 Å². The molecule has 0 radical (unpaired) electrons. The van der Waals surface area contributed by atoms with E-state index in [0.29, 0.717) is 36.9 Å². The van der Waals surface area contributed by atoms with Gasteiger partial charge in [0.2, 0.25) is 17.6 Å². The molecule has 3 aromatic rings. The Morgan fingerprint density at radius 3 is 2.96 bits per heavy atom. The van der Waals surface area contributed by atoms with E-state index < -0.39 is 0 Å². The monoisotopic (exact) mass is 334 g/mol. The van der Waals surface area contributed by atoms with Gasteiger partial charge >= 0.3 is 0 Å². The lowest BCUT2D eigenvalue weighted by Crippen LogP contribution is -2.24. The number of hydrogen-bond donors (Lipinski definition) is 0. The van der Waals surface area contributed by atoms with E-state index in [2.05, 4.69) is 34.2 Å². The first-order valence-electron chi connectivity index (χ1n) is 8.27. The molecule has 0 aliphatic carbocycles. The second-order valence-electron chi connectivity index (χ2n) is 6.34. The molecule has 3 heterocycles. The molecule has 0 bridgehead atoms. The molecular formula is C19H18N4O2. The molecule has 2 aromatic heterocycles. The fourth-order valence-electron chi connectivity index (χ4n) is 3.12. The minimum Gasteiger partial charge on any atom is -0.339 e. The van der Waals surface area contributed by atoms with Gasteiger partial charge in [-0.05, 0) is 24.6 Å². The third-order valence-corrected chi connectivity index (χ3v) is 4.36. The zero-order chi connectivity index (χ0) is 17.2. The van der Waals surface area contributed by atoms with Crippen molar-refractivity contribution in [3.63, 3.8) is 0 Å². The van der Waals surface area contributed by atoms with Gasteiger partial charge in [0.1, 0.15) is 5.69 Å². The highest BCUT2D eigenvalue weighted by atomic mass is 16.5. The van der Waals surface area contributed by atoms with Gasteiger partial charge in [-0.25, -0.2) is 0 Å². The third-order valence-electron chi connectivity index (χ3n) is 4.36. The lowest BCUT2D eigenvalue weighted by Gasteiger charge is -2.16. The number of amides is 1. The van der Waals surface area contributed by atoms with Gasteiger partial charge in [0, 0.05) is 25.7 Å². The zero-order valence-corrected chi connectivity index (χ0v) is 13.9. The molecule has 126 valence electrons. The zero-order valence-electron chi connectivity index (χ0n) is 13.9. The number of pyridine rings is 1. The number of carbonyl (C=O) groups excluding carboxylic acids is 1. The number of aromatic nitrogens is 3. The van der Waals surface area contributed by atoms with Gasteiger partial charge in [-0.2, -0.15) is 4.98 Å². The largest absolute Gasteiger partial charge is 0.339 e. The van der Waals surface area contributed by atoms with Crippen molar-refractivity contribution in [1.29, 1.82) is 0 Å². The minimum atomic E-state index is -0.0673. The topological polar surface area (TPSA) is 72.1 Å². The molecular weight excluding hydrogens is 316 g/mol. The van der Waals surface area contributed by atoms with E-state index in [1.54, 1.807) is 6.20 Å². The van der Waals surface area contributed by atoms with Crippen molar-refractivity contribution in [1.82, 2.24) is 20.0 Å². The summed E-state index contributed by atoms with van der Waals surface area (Å²) in [6.45, 7) is 3.25. The Balaban J connectivity index is 1.48. The van der Waals surface area contributed by atoms with Crippen LogP contribution in [-0.2, 0) is 11.3 Å². The molecule has 1 saturated heterocycles. The standard InChI is InChI=1S/C19H18N4O2/c1-13-5-4-6-14(9-13)11-23-12-15(10-17(23)24)19-21-18(22-25-19)16-7-2-3-8-20-16/h2-9,15H,10-12H2,1H3/t15-/m1/s1. The Hall–Kier alpha value is -3.02. The summed E-state index contributed by atoms with van der Waals surface area (Å²) in [4.78, 5) is 22.9. The molecule has 1 fully saturated rings. The van der Waals surface area contributed by atoms with Crippen LogP contribution in [0.25, 0.3) is 11.5 Å². The normalized spacial score (nSPS) is 17.2. The van der Waals surface area contributed by atoms with Gasteiger partial charge in [-0.1, -0.05) is 41.1 Å². The summed E-state index contributed by atoms with van der Waals surface area (Å²) in [5.74, 6) is 1.01. The smallest absolute Gasteiger partial charge is 0.232 e. The summed E-state index contributed by atoms with van der Waals surface area (Å²) >= 11 is 0. The highest BCUT2D eigenvalue weighted by Crippen LogP contribution is 2.29. The van der Waals surface area contributed by atoms with Crippen molar-refractivity contribution in [2.45, 2.75) is 25.8 Å². The van der Waals surface area contributed by atoms with E-state index in [1.165, 1.54) is 5.56 Å². The molecule has 25 heavy (non-hydrogen) atoms. The van der Waals surface area contributed by atoms with Gasteiger partial charge < -0.3 is 9.42 Å². The lowest BCUT2D eigenvalue weighted by molar-refractivity contribution is -0.128. The Bertz CT molecular complexity index is 891. The molecule has 6 heteroatoms. The van der Waals surface area contributed by atoms with Crippen LogP contribution < -0.4 is 0 Å². The molecule has 1 aliphatic rings. The molecule has 1 atom stereocenters. The van der Waals surface area contributed by atoms with Crippen LogP contribution in [0.2, 0.25) is 0 Å². The Morgan fingerprint density at radius 2 is 2.16 bits per heavy atom. The quantitative estimate of drug-likeness (QED) is 0.733. The average Bonchev–Trinajstić information content (AvgIpc) is 3.23. The van der Waals surface area contributed by atoms with E-state index in [1.807, 2.05) is 35.2 Å². The molecule has 0 N–H and O–H groups in total. The predicted molar refractivity (Wildman–Crippen MR) is 91.5 cm³/mol. The average molecular weight is 334 g/mol. The molecule has 0 spiro atoms. The maximum Gasteiger partial charge on any atom is 0.232 e. The van der Waals surface area contributed by atoms with Gasteiger partial charge in [-0.3, -0.25) is 9.78 Å². The van der Waals surface area contributed by atoms with Crippen molar-refractivity contribution in [3.8, 4) is 11.5 Å². The molecule has 1 aliphatic heterocycles. The number of likely N-dealkylation sites (tertiary alicyclic amines) is 1. The van der Waals surface area contributed by atoms with Gasteiger partial charge in [-0.15, -0.1) is 0 Å². The van der Waals surface area contributed by atoms with Crippen LogP contribution in [0.3, 0.4) is 0 Å². The Kier molecular flexibility index (Phi) is 4.01. The van der Waals surface area contributed by atoms with Gasteiger partial charge in [0.25, 0.3) is 0 Å². The summed E-state index contributed by atoms with van der Waals surface area (Å²) in [6.07, 6.45) is 2.09. The summed E-state index contributed by atoms with van der Waals surface area (Å²) in [6, 6.07) is 13.8. The second-order valence-corrected chi connectivity index (χ2v) is 6.34. The molecule has 1 amide bonds. The van der Waals surface area contributed by atoms with Gasteiger partial charge in [0.05, 0.1) is 5.92 Å².